The molecule has 0 saturated heterocycles. The molecule has 1 heterocycles. The second-order valence-corrected chi connectivity index (χ2v) is 6.67. The number of carbonyl (C=O) groups is 2. The number of aliphatic carboxylic acids is 1. The highest BCUT2D eigenvalue weighted by Crippen LogP contribution is 2.27. The molecule has 0 aliphatic rings. The SMILES string of the molecule is CCOC(=O)C=Cc1ccc(-n2c(C)ccc2-c2ccc(C=CC(=O)O)cc2)cc1. The molecule has 0 spiro atoms. The molecule has 3 rings (SSSR count). The van der Waals surface area contributed by atoms with Crippen molar-refractivity contribution in [1.29, 1.82) is 0 Å². The Hall–Kier alpha value is -3.86. The number of esters is 1. The van der Waals surface area contributed by atoms with Crippen molar-refractivity contribution in [2.45, 2.75) is 13.8 Å². The Morgan fingerprint density at radius 2 is 1.50 bits per heavy atom. The highest BCUT2D eigenvalue weighted by atomic mass is 16.5. The number of hydrogen-bond acceptors (Lipinski definition) is 3. The van der Waals surface area contributed by atoms with Gasteiger partial charge in [-0.2, -0.15) is 0 Å². The molecule has 0 amide bonds. The first kappa shape index (κ1) is 20.9. The van der Waals surface area contributed by atoms with Gasteiger partial charge in [0.15, 0.2) is 0 Å². The summed E-state index contributed by atoms with van der Waals surface area (Å²) in [6, 6.07) is 19.8. The number of carboxylic acids is 1. The number of hydrogen-bond donors (Lipinski definition) is 1. The van der Waals surface area contributed by atoms with Crippen LogP contribution in [0.25, 0.3) is 29.1 Å². The Bertz CT molecular complexity index is 1090. The fraction of sp³-hybridized carbons (Fsp3) is 0.120. The number of carbonyl (C=O) groups excluding carboxylic acids is 1. The molecule has 0 radical (unpaired) electrons. The van der Waals surface area contributed by atoms with Crippen molar-refractivity contribution in [1.82, 2.24) is 4.57 Å². The molecule has 5 heteroatoms. The van der Waals surface area contributed by atoms with Crippen LogP contribution >= 0.6 is 0 Å². The second kappa shape index (κ2) is 9.56. The van der Waals surface area contributed by atoms with Gasteiger partial charge in [0.1, 0.15) is 0 Å². The van der Waals surface area contributed by atoms with E-state index in [4.69, 9.17) is 9.84 Å². The van der Waals surface area contributed by atoms with E-state index in [0.717, 1.165) is 39.8 Å². The lowest BCUT2D eigenvalue weighted by Gasteiger charge is -2.13. The maximum absolute atomic E-state index is 11.5. The van der Waals surface area contributed by atoms with Crippen molar-refractivity contribution in [2.75, 3.05) is 6.61 Å². The summed E-state index contributed by atoms with van der Waals surface area (Å²) in [6.45, 7) is 4.18. The lowest BCUT2D eigenvalue weighted by Crippen LogP contribution is -1.99. The van der Waals surface area contributed by atoms with E-state index in [-0.39, 0.29) is 5.97 Å². The van der Waals surface area contributed by atoms with Crippen molar-refractivity contribution >= 4 is 24.1 Å². The van der Waals surface area contributed by atoms with Gasteiger partial charge in [0, 0.05) is 23.5 Å². The van der Waals surface area contributed by atoms with Gasteiger partial charge in [0.2, 0.25) is 0 Å². The summed E-state index contributed by atoms with van der Waals surface area (Å²) in [7, 11) is 0. The molecule has 30 heavy (non-hydrogen) atoms. The van der Waals surface area contributed by atoms with Gasteiger partial charge >= 0.3 is 11.9 Å². The number of carboxylic acid groups (broad SMARTS) is 1. The van der Waals surface area contributed by atoms with Crippen LogP contribution in [-0.4, -0.2) is 28.2 Å². The summed E-state index contributed by atoms with van der Waals surface area (Å²) < 4.78 is 7.05. The van der Waals surface area contributed by atoms with Crippen LogP contribution in [0.15, 0.2) is 72.8 Å². The average Bonchev–Trinajstić information content (AvgIpc) is 3.13. The standard InChI is InChI=1S/C25H23NO4/c1-3-30-25(29)17-10-20-7-13-22(14-8-20)26-18(2)4-15-23(26)21-11-5-19(6-12-21)9-16-24(27)28/h4-17H,3H2,1-2H3,(H,27,28). The molecule has 0 saturated carbocycles. The lowest BCUT2D eigenvalue weighted by atomic mass is 10.1. The Morgan fingerprint density at radius 3 is 2.10 bits per heavy atom. The van der Waals surface area contributed by atoms with Crippen LogP contribution in [0.4, 0.5) is 0 Å². The maximum Gasteiger partial charge on any atom is 0.330 e. The summed E-state index contributed by atoms with van der Waals surface area (Å²) in [5, 5.41) is 8.76. The molecule has 0 fully saturated rings. The topological polar surface area (TPSA) is 68.5 Å². The van der Waals surface area contributed by atoms with Crippen molar-refractivity contribution < 1.29 is 19.4 Å². The smallest absolute Gasteiger partial charge is 0.330 e. The molecule has 0 aliphatic carbocycles. The molecule has 5 nitrogen and oxygen atoms in total. The third-order valence-electron chi connectivity index (χ3n) is 4.55. The first-order valence-electron chi connectivity index (χ1n) is 9.63. The molecule has 1 N–H and O–H groups in total. The van der Waals surface area contributed by atoms with Gasteiger partial charge in [-0.05, 0) is 67.0 Å². The summed E-state index contributed by atoms with van der Waals surface area (Å²) >= 11 is 0. The molecule has 0 aliphatic heterocycles. The van der Waals surface area contributed by atoms with Crippen molar-refractivity contribution in [3.05, 3.63) is 89.6 Å². The van der Waals surface area contributed by atoms with Crippen molar-refractivity contribution in [2.24, 2.45) is 0 Å². The first-order valence-corrected chi connectivity index (χ1v) is 9.63. The van der Waals surface area contributed by atoms with Gasteiger partial charge < -0.3 is 14.4 Å². The number of rotatable bonds is 7. The minimum Gasteiger partial charge on any atom is -0.478 e. The van der Waals surface area contributed by atoms with Crippen LogP contribution in [0.2, 0.25) is 0 Å². The summed E-state index contributed by atoms with van der Waals surface area (Å²) in [5.74, 6) is -1.32. The molecular weight excluding hydrogens is 378 g/mol. The summed E-state index contributed by atoms with van der Waals surface area (Å²) in [6.07, 6.45) is 5.85. The Balaban J connectivity index is 1.85. The molecule has 0 bridgehead atoms. The largest absolute Gasteiger partial charge is 0.478 e. The Kier molecular flexibility index (Phi) is 6.65. The number of ether oxygens (including phenoxy) is 1. The zero-order chi connectivity index (χ0) is 21.5. The van der Waals surface area contributed by atoms with Crippen LogP contribution in [0.3, 0.4) is 0 Å². The van der Waals surface area contributed by atoms with Gasteiger partial charge in [-0.1, -0.05) is 36.4 Å². The van der Waals surface area contributed by atoms with E-state index in [2.05, 4.69) is 16.7 Å². The van der Waals surface area contributed by atoms with Crippen LogP contribution in [-0.2, 0) is 14.3 Å². The fourth-order valence-corrected chi connectivity index (χ4v) is 3.13. The van der Waals surface area contributed by atoms with Crippen LogP contribution in [0.1, 0.15) is 23.7 Å². The summed E-state index contributed by atoms with van der Waals surface area (Å²) in [4.78, 5) is 22.1. The maximum atomic E-state index is 11.5. The van der Waals surface area contributed by atoms with Crippen molar-refractivity contribution in [3.63, 3.8) is 0 Å². The number of benzene rings is 2. The molecule has 3 aromatic rings. The van der Waals surface area contributed by atoms with Gasteiger partial charge in [0.05, 0.1) is 12.3 Å². The minimum absolute atomic E-state index is 0.355. The molecular formula is C25H23NO4. The van der Waals surface area contributed by atoms with Gasteiger partial charge in [-0.25, -0.2) is 9.59 Å². The highest BCUT2D eigenvalue weighted by Gasteiger charge is 2.09. The molecule has 0 unspecified atom stereocenters. The van der Waals surface area contributed by atoms with Crippen LogP contribution in [0.5, 0.6) is 0 Å². The van der Waals surface area contributed by atoms with E-state index in [1.165, 1.54) is 6.08 Å². The van der Waals surface area contributed by atoms with Gasteiger partial charge in [-0.3, -0.25) is 0 Å². The quantitative estimate of drug-likeness (QED) is 0.440. The minimum atomic E-state index is -0.968. The number of nitrogens with zero attached hydrogens (tertiary/aromatic N) is 1. The Labute approximate surface area is 175 Å². The molecule has 2 aromatic carbocycles. The zero-order valence-corrected chi connectivity index (χ0v) is 16.9. The van der Waals surface area contributed by atoms with Crippen LogP contribution in [0, 0.1) is 6.92 Å². The Morgan fingerprint density at radius 1 is 0.900 bits per heavy atom. The average molecular weight is 401 g/mol. The normalized spacial score (nSPS) is 11.3. The van der Waals surface area contributed by atoms with E-state index >= 15 is 0 Å². The highest BCUT2D eigenvalue weighted by molar-refractivity contribution is 5.87. The second-order valence-electron chi connectivity index (χ2n) is 6.67. The van der Waals surface area contributed by atoms with Gasteiger partial charge in [0.25, 0.3) is 0 Å². The number of aryl methyl sites for hydroxylation is 1. The zero-order valence-electron chi connectivity index (χ0n) is 16.9. The predicted octanol–water partition coefficient (Wildman–Crippen LogP) is 5.13. The predicted molar refractivity (Wildman–Crippen MR) is 118 cm³/mol. The van der Waals surface area contributed by atoms with E-state index < -0.39 is 5.97 Å². The van der Waals surface area contributed by atoms with E-state index in [1.807, 2.05) is 55.5 Å². The number of aromatic nitrogens is 1. The van der Waals surface area contributed by atoms with Crippen molar-refractivity contribution in [3.8, 4) is 16.9 Å². The summed E-state index contributed by atoms with van der Waals surface area (Å²) in [5.41, 5.74) is 5.91. The monoisotopic (exact) mass is 401 g/mol. The molecule has 1 aromatic heterocycles. The van der Waals surface area contributed by atoms with E-state index in [1.54, 1.807) is 19.1 Å². The van der Waals surface area contributed by atoms with Gasteiger partial charge in [-0.15, -0.1) is 0 Å². The van der Waals surface area contributed by atoms with E-state index in [0.29, 0.717) is 6.61 Å². The fourth-order valence-electron chi connectivity index (χ4n) is 3.13. The third-order valence-corrected chi connectivity index (χ3v) is 4.55. The molecule has 152 valence electrons. The van der Waals surface area contributed by atoms with Crippen LogP contribution < -0.4 is 0 Å². The van der Waals surface area contributed by atoms with E-state index in [9.17, 15) is 9.59 Å². The third kappa shape index (κ3) is 5.14. The lowest BCUT2D eigenvalue weighted by molar-refractivity contribution is -0.137. The first-order chi connectivity index (χ1) is 14.5. The molecule has 0 atom stereocenters.